The smallest absolute Gasteiger partial charge is 0.136 e. The largest absolute Gasteiger partial charge is 0.456 e. The van der Waals surface area contributed by atoms with E-state index < -0.39 is 0 Å². The van der Waals surface area contributed by atoms with Gasteiger partial charge in [0.05, 0.1) is 0 Å². The van der Waals surface area contributed by atoms with E-state index in [1.165, 1.54) is 43.8 Å². The summed E-state index contributed by atoms with van der Waals surface area (Å²) in [4.78, 5) is 0. The van der Waals surface area contributed by atoms with E-state index in [2.05, 4.69) is 76.2 Å². The van der Waals surface area contributed by atoms with Gasteiger partial charge in [-0.3, -0.25) is 0 Å². The van der Waals surface area contributed by atoms with Crippen molar-refractivity contribution in [1.82, 2.24) is 0 Å². The van der Waals surface area contributed by atoms with E-state index in [-0.39, 0.29) is 0 Å². The van der Waals surface area contributed by atoms with Crippen LogP contribution in [-0.2, 0) is 0 Å². The first kappa shape index (κ1) is 16.0. The highest BCUT2D eigenvalue weighted by atomic mass is 16.3. The van der Waals surface area contributed by atoms with Crippen LogP contribution in [0.5, 0.6) is 0 Å². The van der Waals surface area contributed by atoms with Crippen molar-refractivity contribution in [1.29, 1.82) is 0 Å². The Labute approximate surface area is 163 Å². The monoisotopic (exact) mass is 366 g/mol. The summed E-state index contributed by atoms with van der Waals surface area (Å²) in [6.45, 7) is 8.88. The molecule has 0 N–H and O–H groups in total. The fourth-order valence-electron chi connectivity index (χ4n) is 4.59. The third-order valence-corrected chi connectivity index (χ3v) is 6.15. The average molecular weight is 366 g/mol. The molecule has 0 unspecified atom stereocenters. The molecule has 0 fully saturated rings. The van der Waals surface area contributed by atoms with E-state index in [0.29, 0.717) is 11.8 Å². The van der Waals surface area contributed by atoms with Crippen LogP contribution in [-0.4, -0.2) is 0 Å². The fourth-order valence-corrected chi connectivity index (χ4v) is 4.59. The Hall–Kier alpha value is -3.00. The van der Waals surface area contributed by atoms with Crippen molar-refractivity contribution in [2.24, 2.45) is 0 Å². The number of hydrogen-bond donors (Lipinski definition) is 0. The average Bonchev–Trinajstić information content (AvgIpc) is 2.69. The van der Waals surface area contributed by atoms with Gasteiger partial charge in [-0.25, -0.2) is 0 Å². The molecule has 6 rings (SSSR count). The SMILES string of the molecule is CC(C)c1cc2ccc3oc4cc(C(C)C)cc5ccc6oc(c1)c2c3-c6c54. The Morgan fingerprint density at radius 3 is 1.36 bits per heavy atom. The minimum absolute atomic E-state index is 0.454. The van der Waals surface area contributed by atoms with Crippen LogP contribution in [0.2, 0.25) is 0 Å². The highest BCUT2D eigenvalue weighted by Crippen LogP contribution is 2.48. The zero-order chi connectivity index (χ0) is 19.2. The summed E-state index contributed by atoms with van der Waals surface area (Å²) in [6, 6.07) is 17.5. The van der Waals surface area contributed by atoms with Crippen LogP contribution in [0.25, 0.3) is 55.0 Å². The summed E-state index contributed by atoms with van der Waals surface area (Å²) in [5, 5.41) is 4.77. The van der Waals surface area contributed by atoms with Gasteiger partial charge < -0.3 is 8.83 Å². The second-order valence-corrected chi connectivity index (χ2v) is 8.63. The second-order valence-electron chi connectivity index (χ2n) is 8.63. The third kappa shape index (κ3) is 1.98. The Morgan fingerprint density at radius 2 is 0.964 bits per heavy atom. The molecule has 2 aliphatic rings. The van der Waals surface area contributed by atoms with Crippen molar-refractivity contribution in [3.05, 3.63) is 59.7 Å². The molecule has 2 heteroatoms. The summed E-state index contributed by atoms with van der Waals surface area (Å²) in [7, 11) is 0. The summed E-state index contributed by atoms with van der Waals surface area (Å²) in [5.41, 5.74) is 8.69. The molecule has 2 aliphatic heterocycles. The van der Waals surface area contributed by atoms with Crippen molar-refractivity contribution in [3.63, 3.8) is 0 Å². The molecule has 4 aromatic rings. The number of rotatable bonds is 2. The molecule has 0 aromatic heterocycles. The highest BCUT2D eigenvalue weighted by Gasteiger charge is 2.25. The molecule has 0 amide bonds. The van der Waals surface area contributed by atoms with Gasteiger partial charge >= 0.3 is 0 Å². The van der Waals surface area contributed by atoms with Gasteiger partial charge in [-0.05, 0) is 58.0 Å². The molecule has 0 aliphatic carbocycles. The van der Waals surface area contributed by atoms with Crippen molar-refractivity contribution in [3.8, 4) is 11.1 Å². The normalized spacial score (nSPS) is 12.9. The topological polar surface area (TPSA) is 26.3 Å². The predicted molar refractivity (Wildman–Crippen MR) is 117 cm³/mol. The molecule has 28 heavy (non-hydrogen) atoms. The summed E-state index contributed by atoms with van der Waals surface area (Å²) in [6.07, 6.45) is 0. The van der Waals surface area contributed by atoms with Crippen LogP contribution >= 0.6 is 0 Å². The zero-order valence-electron chi connectivity index (χ0n) is 16.6. The summed E-state index contributed by atoms with van der Waals surface area (Å²) < 4.78 is 12.9. The molecular weight excluding hydrogens is 344 g/mol. The molecule has 138 valence electrons. The van der Waals surface area contributed by atoms with E-state index in [9.17, 15) is 0 Å². The third-order valence-electron chi connectivity index (χ3n) is 6.15. The zero-order valence-corrected chi connectivity index (χ0v) is 16.6. The van der Waals surface area contributed by atoms with Crippen LogP contribution in [0.1, 0.15) is 50.7 Å². The van der Waals surface area contributed by atoms with E-state index in [1.807, 2.05) is 0 Å². The van der Waals surface area contributed by atoms with Gasteiger partial charge in [0.25, 0.3) is 0 Å². The van der Waals surface area contributed by atoms with Crippen molar-refractivity contribution in [2.75, 3.05) is 0 Å². The van der Waals surface area contributed by atoms with Gasteiger partial charge in [0, 0.05) is 21.9 Å². The molecule has 0 radical (unpaired) electrons. The first-order valence-electron chi connectivity index (χ1n) is 10.1. The van der Waals surface area contributed by atoms with E-state index in [0.717, 1.165) is 22.3 Å². The van der Waals surface area contributed by atoms with Gasteiger partial charge in [-0.15, -0.1) is 0 Å². The van der Waals surface area contributed by atoms with Crippen LogP contribution in [0.15, 0.2) is 57.4 Å². The lowest BCUT2D eigenvalue weighted by molar-refractivity contribution is 0.645. The first-order chi connectivity index (χ1) is 13.5. The number of benzene rings is 4. The van der Waals surface area contributed by atoms with Crippen LogP contribution in [0, 0.1) is 0 Å². The lowest BCUT2D eigenvalue weighted by Crippen LogP contribution is -1.97. The van der Waals surface area contributed by atoms with E-state index in [1.54, 1.807) is 0 Å². The Balaban J connectivity index is 1.87. The van der Waals surface area contributed by atoms with E-state index in [4.69, 9.17) is 8.83 Å². The molecule has 0 spiro atoms. The Kier molecular flexibility index (Phi) is 3.02. The van der Waals surface area contributed by atoms with Crippen molar-refractivity contribution in [2.45, 2.75) is 39.5 Å². The molecule has 0 saturated carbocycles. The second kappa shape index (κ2) is 5.29. The van der Waals surface area contributed by atoms with Crippen LogP contribution < -0.4 is 0 Å². The maximum atomic E-state index is 6.45. The molecule has 0 atom stereocenters. The Bertz CT molecular complexity index is 1350. The summed E-state index contributed by atoms with van der Waals surface area (Å²) in [5.74, 6) is 0.908. The minimum atomic E-state index is 0.454. The predicted octanol–water partition coefficient (Wildman–Crippen LogP) is 8.27. The standard InChI is InChI=1S/C26H22O2/c1-13(2)17-9-15-5-7-20-25-23(15)21(11-17)27-19-8-6-16-10-18(14(3)4)12-22(28-20)24(16)26(19)25/h5-14H,1-4H3. The van der Waals surface area contributed by atoms with E-state index >= 15 is 0 Å². The van der Waals surface area contributed by atoms with Gasteiger partial charge in [0.1, 0.15) is 22.3 Å². The minimum Gasteiger partial charge on any atom is -0.456 e. The lowest BCUT2D eigenvalue weighted by atomic mass is 9.87. The molecule has 2 heterocycles. The molecule has 4 aromatic carbocycles. The highest BCUT2D eigenvalue weighted by molar-refractivity contribution is 6.23. The summed E-state index contributed by atoms with van der Waals surface area (Å²) >= 11 is 0. The van der Waals surface area contributed by atoms with Gasteiger partial charge in [-0.1, -0.05) is 52.0 Å². The van der Waals surface area contributed by atoms with Crippen molar-refractivity contribution < 1.29 is 8.83 Å². The fraction of sp³-hybridized carbons (Fsp3) is 0.231. The molecule has 0 bridgehead atoms. The Morgan fingerprint density at radius 1 is 0.536 bits per heavy atom. The van der Waals surface area contributed by atoms with Gasteiger partial charge in [0.15, 0.2) is 0 Å². The molecular formula is C26H22O2. The molecule has 0 saturated heterocycles. The van der Waals surface area contributed by atoms with Gasteiger partial charge in [0.2, 0.25) is 0 Å². The van der Waals surface area contributed by atoms with Crippen LogP contribution in [0.4, 0.5) is 0 Å². The molecule has 2 nitrogen and oxygen atoms in total. The quantitative estimate of drug-likeness (QED) is 0.228. The van der Waals surface area contributed by atoms with Gasteiger partial charge in [-0.2, -0.15) is 0 Å². The first-order valence-corrected chi connectivity index (χ1v) is 10.1. The lowest BCUT2D eigenvalue weighted by Gasteiger charge is -2.21. The van der Waals surface area contributed by atoms with Crippen molar-refractivity contribution >= 4 is 43.9 Å². The van der Waals surface area contributed by atoms with Crippen LogP contribution in [0.3, 0.4) is 0 Å². The maximum Gasteiger partial charge on any atom is 0.136 e. The number of hydrogen-bond acceptors (Lipinski definition) is 2. The maximum absolute atomic E-state index is 6.45.